The minimum atomic E-state index is -0.0419. The van der Waals surface area contributed by atoms with Crippen LogP contribution in [0.15, 0.2) is 0 Å². The second kappa shape index (κ2) is 6.75. The first-order valence-electron chi connectivity index (χ1n) is 10.8. The van der Waals surface area contributed by atoms with Gasteiger partial charge in [0.15, 0.2) is 0 Å². The van der Waals surface area contributed by atoms with E-state index in [-0.39, 0.29) is 41.0 Å². The number of fused-ring (bicyclic) bond motifs is 2. The van der Waals surface area contributed by atoms with Crippen LogP contribution in [0.2, 0.25) is 0 Å². The molecule has 4 aliphatic rings. The Labute approximate surface area is 158 Å². The van der Waals surface area contributed by atoms with Gasteiger partial charge in [0.05, 0.1) is 12.0 Å². The van der Waals surface area contributed by atoms with Crippen molar-refractivity contribution in [2.45, 2.75) is 71.2 Å². The lowest BCUT2D eigenvalue weighted by Gasteiger charge is -2.48. The third-order valence-electron chi connectivity index (χ3n) is 8.06. The first-order valence-corrected chi connectivity index (χ1v) is 10.8. The van der Waals surface area contributed by atoms with Crippen LogP contribution in [0.25, 0.3) is 0 Å². The van der Waals surface area contributed by atoms with Crippen molar-refractivity contribution in [3.63, 3.8) is 0 Å². The maximum absolute atomic E-state index is 12.6. The number of carbonyl (C=O) groups excluding carboxylic acids is 1. The molecule has 2 aliphatic heterocycles. The van der Waals surface area contributed by atoms with Crippen LogP contribution in [-0.4, -0.2) is 61.4 Å². The summed E-state index contributed by atoms with van der Waals surface area (Å²) in [5.41, 5.74) is 0.196. The topological polar surface area (TPSA) is 54.1 Å². The molecule has 4 rings (SSSR count). The van der Waals surface area contributed by atoms with Crippen LogP contribution in [0, 0.1) is 23.2 Å². The quantitative estimate of drug-likeness (QED) is 0.427. The van der Waals surface area contributed by atoms with Gasteiger partial charge >= 0.3 is 5.97 Å². The van der Waals surface area contributed by atoms with Gasteiger partial charge < -0.3 is 19.7 Å². The normalized spacial score (nSPS) is 46.5. The number of nitrogens with one attached hydrogen (secondary N) is 1. The average molecular weight is 365 g/mol. The first-order chi connectivity index (χ1) is 12.5. The fourth-order valence-corrected chi connectivity index (χ4v) is 6.50. The molecule has 0 aromatic heterocycles. The Morgan fingerprint density at radius 1 is 1.31 bits per heavy atom. The number of carbonyl (C=O) groups is 1. The number of hydrogen-bond acceptors (Lipinski definition) is 5. The van der Waals surface area contributed by atoms with E-state index in [4.69, 9.17) is 9.47 Å². The molecule has 7 atom stereocenters. The highest BCUT2D eigenvalue weighted by atomic mass is 16.6. The van der Waals surface area contributed by atoms with E-state index in [1.165, 1.54) is 19.3 Å². The third-order valence-corrected chi connectivity index (χ3v) is 8.06. The van der Waals surface area contributed by atoms with Gasteiger partial charge in [-0.25, -0.2) is 0 Å². The Bertz CT molecular complexity index is 551. The maximum atomic E-state index is 12.6. The molecule has 0 amide bonds. The number of hydrogen-bond donors (Lipinski definition) is 1. The molecule has 0 bridgehead atoms. The molecule has 7 unspecified atom stereocenters. The standard InChI is InChI=1S/C21H36N2O3/c1-5-23(6-2)11-10-22-13-15-17-16(25-19(15)24)12-20(4)9-7-8-14(3)21(20)18(17)26-21/h14-18,22H,5-13H2,1-4H3. The molecule has 5 nitrogen and oxygen atoms in total. The zero-order valence-corrected chi connectivity index (χ0v) is 16.9. The number of likely N-dealkylation sites (N-methyl/N-ethyl adjacent to an activating group) is 1. The van der Waals surface area contributed by atoms with E-state index < -0.39 is 0 Å². The van der Waals surface area contributed by atoms with Gasteiger partial charge in [0, 0.05) is 31.0 Å². The third kappa shape index (κ3) is 2.65. The van der Waals surface area contributed by atoms with E-state index in [9.17, 15) is 4.79 Å². The fourth-order valence-electron chi connectivity index (χ4n) is 6.50. The molecule has 0 aromatic rings. The van der Waals surface area contributed by atoms with Crippen LogP contribution in [-0.2, 0) is 14.3 Å². The van der Waals surface area contributed by atoms with Crippen molar-refractivity contribution in [1.29, 1.82) is 0 Å². The highest BCUT2D eigenvalue weighted by molar-refractivity contribution is 5.76. The van der Waals surface area contributed by atoms with Crippen LogP contribution in [0.5, 0.6) is 0 Å². The molecule has 1 spiro atoms. The van der Waals surface area contributed by atoms with E-state index in [2.05, 4.69) is 37.9 Å². The minimum Gasteiger partial charge on any atom is -0.462 e. The van der Waals surface area contributed by atoms with Crippen LogP contribution in [0.3, 0.4) is 0 Å². The predicted molar refractivity (Wildman–Crippen MR) is 101 cm³/mol. The molecule has 4 fully saturated rings. The van der Waals surface area contributed by atoms with Gasteiger partial charge in [-0.15, -0.1) is 0 Å². The van der Waals surface area contributed by atoms with Gasteiger partial charge in [-0.2, -0.15) is 0 Å². The molecule has 2 heterocycles. The van der Waals surface area contributed by atoms with Crippen molar-refractivity contribution in [3.05, 3.63) is 0 Å². The summed E-state index contributed by atoms with van der Waals surface area (Å²) in [4.78, 5) is 15.0. The molecular formula is C21H36N2O3. The molecule has 2 saturated heterocycles. The predicted octanol–water partition coefficient (Wildman–Crippen LogP) is 2.44. The van der Waals surface area contributed by atoms with E-state index in [1.54, 1.807) is 0 Å². The van der Waals surface area contributed by atoms with Gasteiger partial charge in [0.1, 0.15) is 11.7 Å². The molecule has 26 heavy (non-hydrogen) atoms. The Morgan fingerprint density at radius 2 is 2.08 bits per heavy atom. The largest absolute Gasteiger partial charge is 0.462 e. The molecule has 5 heteroatoms. The van der Waals surface area contributed by atoms with E-state index >= 15 is 0 Å². The number of nitrogens with zero attached hydrogens (tertiary/aromatic N) is 1. The molecule has 0 radical (unpaired) electrons. The zero-order valence-electron chi connectivity index (χ0n) is 16.9. The number of ether oxygens (including phenoxy) is 2. The van der Waals surface area contributed by atoms with Crippen molar-refractivity contribution >= 4 is 5.97 Å². The number of esters is 1. The molecule has 2 aliphatic carbocycles. The maximum Gasteiger partial charge on any atom is 0.311 e. The molecule has 0 aromatic carbocycles. The van der Waals surface area contributed by atoms with Crippen LogP contribution >= 0.6 is 0 Å². The van der Waals surface area contributed by atoms with Gasteiger partial charge in [-0.1, -0.05) is 34.1 Å². The average Bonchev–Trinajstić information content (AvgIpc) is 3.29. The summed E-state index contributed by atoms with van der Waals surface area (Å²) in [5.74, 6) is 0.798. The van der Waals surface area contributed by atoms with Crippen molar-refractivity contribution in [1.82, 2.24) is 10.2 Å². The molecule has 148 valence electrons. The van der Waals surface area contributed by atoms with Gasteiger partial charge in [0.25, 0.3) is 0 Å². The van der Waals surface area contributed by atoms with Crippen LogP contribution in [0.1, 0.15) is 53.4 Å². The highest BCUT2D eigenvalue weighted by Crippen LogP contribution is 2.70. The minimum absolute atomic E-state index is 0.00381. The summed E-state index contributed by atoms with van der Waals surface area (Å²) in [5, 5.41) is 3.52. The Hall–Kier alpha value is -0.650. The van der Waals surface area contributed by atoms with E-state index in [0.29, 0.717) is 5.92 Å². The Kier molecular flexibility index (Phi) is 4.85. The molecular weight excluding hydrogens is 328 g/mol. The summed E-state index contributed by atoms with van der Waals surface area (Å²) in [6.07, 6.45) is 5.01. The zero-order chi connectivity index (χ0) is 18.5. The van der Waals surface area contributed by atoms with Crippen molar-refractivity contribution in [2.75, 3.05) is 32.7 Å². The monoisotopic (exact) mass is 364 g/mol. The first kappa shape index (κ1) is 18.7. The van der Waals surface area contributed by atoms with E-state index in [1.807, 2.05) is 0 Å². The van der Waals surface area contributed by atoms with Crippen molar-refractivity contribution < 1.29 is 14.3 Å². The van der Waals surface area contributed by atoms with Gasteiger partial charge in [-0.3, -0.25) is 4.79 Å². The smallest absolute Gasteiger partial charge is 0.311 e. The van der Waals surface area contributed by atoms with Gasteiger partial charge in [-0.05, 0) is 38.3 Å². The Morgan fingerprint density at radius 3 is 2.81 bits per heavy atom. The summed E-state index contributed by atoms with van der Waals surface area (Å²) in [6.45, 7) is 13.9. The highest BCUT2D eigenvalue weighted by Gasteiger charge is 2.78. The number of rotatable bonds is 7. The molecule has 1 N–H and O–H groups in total. The lowest BCUT2D eigenvalue weighted by atomic mass is 9.53. The van der Waals surface area contributed by atoms with Crippen molar-refractivity contribution in [3.8, 4) is 0 Å². The van der Waals surface area contributed by atoms with Crippen LogP contribution < -0.4 is 5.32 Å². The summed E-state index contributed by atoms with van der Waals surface area (Å²) in [7, 11) is 0. The van der Waals surface area contributed by atoms with E-state index in [0.717, 1.165) is 39.1 Å². The fraction of sp³-hybridized carbons (Fsp3) is 0.952. The number of epoxide rings is 1. The summed E-state index contributed by atoms with van der Waals surface area (Å²) < 4.78 is 12.4. The molecule has 2 saturated carbocycles. The summed E-state index contributed by atoms with van der Waals surface area (Å²) >= 11 is 0. The summed E-state index contributed by atoms with van der Waals surface area (Å²) in [6, 6.07) is 0. The Balaban J connectivity index is 1.41. The lowest BCUT2D eigenvalue weighted by Crippen LogP contribution is -2.54. The SMILES string of the molecule is CCN(CC)CCNCC1C(=O)OC2CC3(C)CCCC(C)C34OC4C21. The van der Waals surface area contributed by atoms with Crippen molar-refractivity contribution in [2.24, 2.45) is 23.2 Å². The van der Waals surface area contributed by atoms with Crippen LogP contribution in [0.4, 0.5) is 0 Å². The lowest BCUT2D eigenvalue weighted by molar-refractivity contribution is -0.146. The second-order valence-corrected chi connectivity index (χ2v) is 9.28. The second-order valence-electron chi connectivity index (χ2n) is 9.28. The van der Waals surface area contributed by atoms with Gasteiger partial charge in [0.2, 0.25) is 0 Å².